The van der Waals surface area contributed by atoms with Crippen LogP contribution in [0.2, 0.25) is 10.0 Å². The van der Waals surface area contributed by atoms with Crippen molar-refractivity contribution in [3.8, 4) is 0 Å². The number of hydrogen-bond donors (Lipinski definition) is 1. The Morgan fingerprint density at radius 1 is 1.03 bits per heavy atom. The van der Waals surface area contributed by atoms with Gasteiger partial charge in [0.05, 0.1) is 22.0 Å². The number of nitrogens with one attached hydrogen (secondary N) is 1. The molecule has 0 saturated carbocycles. The number of carbonyl (C=O) groups is 2. The summed E-state index contributed by atoms with van der Waals surface area (Å²) < 4.78 is 26.6. The van der Waals surface area contributed by atoms with Gasteiger partial charge >= 0.3 is 0 Å². The van der Waals surface area contributed by atoms with E-state index < -0.39 is 28.5 Å². The van der Waals surface area contributed by atoms with E-state index >= 15 is 0 Å². The fraction of sp³-hybridized carbons (Fsp3) is 0.440. The summed E-state index contributed by atoms with van der Waals surface area (Å²) in [5.41, 5.74) is 2.56. The summed E-state index contributed by atoms with van der Waals surface area (Å²) in [6.07, 6.45) is 1.79. The highest BCUT2D eigenvalue weighted by Crippen LogP contribution is 2.28. The Morgan fingerprint density at radius 3 is 2.14 bits per heavy atom. The van der Waals surface area contributed by atoms with Gasteiger partial charge in [-0.3, -0.25) is 13.9 Å². The van der Waals surface area contributed by atoms with Gasteiger partial charge in [0.25, 0.3) is 0 Å². The van der Waals surface area contributed by atoms with Crippen LogP contribution in [0.25, 0.3) is 0 Å². The first-order valence-electron chi connectivity index (χ1n) is 11.3. The SMILES string of the molecule is CC[C@@H](C)NC(=O)[C@H](C)N(Cc1ccc(Cl)c(Cl)c1)C(=O)CN(c1c(C)cccc1C)S(C)(=O)=O. The molecular formula is C25H33Cl2N3O4S. The largest absolute Gasteiger partial charge is 0.352 e. The molecule has 0 bridgehead atoms. The van der Waals surface area contributed by atoms with Gasteiger partial charge in [0.1, 0.15) is 12.6 Å². The summed E-state index contributed by atoms with van der Waals surface area (Å²) in [7, 11) is -3.80. The third-order valence-corrected chi connectivity index (χ3v) is 7.72. The Labute approximate surface area is 218 Å². The van der Waals surface area contributed by atoms with Crippen molar-refractivity contribution in [2.45, 2.75) is 59.7 Å². The summed E-state index contributed by atoms with van der Waals surface area (Å²) in [6.45, 7) is 8.63. The number of anilines is 1. The molecule has 1 N–H and O–H groups in total. The van der Waals surface area contributed by atoms with E-state index in [1.165, 1.54) is 4.90 Å². The van der Waals surface area contributed by atoms with Gasteiger partial charge in [-0.15, -0.1) is 0 Å². The fourth-order valence-electron chi connectivity index (χ4n) is 3.66. The van der Waals surface area contributed by atoms with Crippen LogP contribution in [0.4, 0.5) is 5.69 Å². The molecule has 10 heteroatoms. The summed E-state index contributed by atoms with van der Waals surface area (Å²) in [6, 6.07) is 9.44. The van der Waals surface area contributed by atoms with Gasteiger partial charge in [-0.05, 0) is 62.9 Å². The van der Waals surface area contributed by atoms with Crippen molar-refractivity contribution in [1.82, 2.24) is 10.2 Å². The van der Waals surface area contributed by atoms with Crippen LogP contribution < -0.4 is 9.62 Å². The lowest BCUT2D eigenvalue weighted by molar-refractivity contribution is -0.139. The van der Waals surface area contributed by atoms with E-state index in [4.69, 9.17) is 23.2 Å². The first kappa shape index (κ1) is 28.9. The predicted molar refractivity (Wildman–Crippen MR) is 142 cm³/mol. The maximum Gasteiger partial charge on any atom is 0.244 e. The Hall–Kier alpha value is -2.29. The molecule has 2 atom stereocenters. The summed E-state index contributed by atoms with van der Waals surface area (Å²) in [4.78, 5) is 27.9. The molecule has 0 spiro atoms. The number of para-hydroxylation sites is 1. The molecule has 0 aromatic heterocycles. The lowest BCUT2D eigenvalue weighted by Crippen LogP contribution is -2.52. The van der Waals surface area contributed by atoms with E-state index in [9.17, 15) is 18.0 Å². The second-order valence-corrected chi connectivity index (χ2v) is 11.5. The van der Waals surface area contributed by atoms with Gasteiger partial charge in [0.2, 0.25) is 21.8 Å². The molecule has 0 aliphatic carbocycles. The van der Waals surface area contributed by atoms with Crippen LogP contribution in [-0.4, -0.2) is 50.0 Å². The number of hydrogen-bond acceptors (Lipinski definition) is 4. The molecule has 2 aromatic rings. The van der Waals surface area contributed by atoms with Crippen LogP contribution in [0.1, 0.15) is 43.9 Å². The number of nitrogens with zero attached hydrogens (tertiary/aromatic N) is 2. The molecule has 0 aliphatic heterocycles. The average Bonchev–Trinajstić information content (AvgIpc) is 2.77. The van der Waals surface area contributed by atoms with Crippen LogP contribution in [0.15, 0.2) is 36.4 Å². The molecule has 0 saturated heterocycles. The van der Waals surface area contributed by atoms with Crippen LogP contribution in [0.3, 0.4) is 0 Å². The van der Waals surface area contributed by atoms with E-state index in [0.717, 1.165) is 28.1 Å². The highest BCUT2D eigenvalue weighted by molar-refractivity contribution is 7.92. The van der Waals surface area contributed by atoms with Crippen molar-refractivity contribution >= 4 is 50.7 Å². The molecule has 0 heterocycles. The normalized spacial score (nSPS) is 13.1. The minimum absolute atomic E-state index is 0.0508. The molecule has 2 aromatic carbocycles. The molecule has 7 nitrogen and oxygen atoms in total. The third-order valence-electron chi connectivity index (χ3n) is 5.87. The summed E-state index contributed by atoms with van der Waals surface area (Å²) >= 11 is 12.2. The van der Waals surface area contributed by atoms with E-state index in [2.05, 4.69) is 5.32 Å². The van der Waals surface area contributed by atoms with Crippen molar-refractivity contribution < 1.29 is 18.0 Å². The van der Waals surface area contributed by atoms with Gasteiger partial charge in [0.15, 0.2) is 0 Å². The van der Waals surface area contributed by atoms with Crippen LogP contribution >= 0.6 is 23.2 Å². The van der Waals surface area contributed by atoms with Crippen LogP contribution in [-0.2, 0) is 26.2 Å². The Bertz CT molecular complexity index is 1170. The molecular weight excluding hydrogens is 509 g/mol. The second-order valence-electron chi connectivity index (χ2n) is 8.77. The maximum absolute atomic E-state index is 13.6. The highest BCUT2D eigenvalue weighted by Gasteiger charge is 2.31. The van der Waals surface area contributed by atoms with Crippen LogP contribution in [0, 0.1) is 13.8 Å². The third kappa shape index (κ3) is 7.59. The number of sulfonamides is 1. The molecule has 35 heavy (non-hydrogen) atoms. The fourth-order valence-corrected chi connectivity index (χ4v) is 4.94. The number of rotatable bonds is 10. The van der Waals surface area contributed by atoms with Crippen molar-refractivity contribution in [2.75, 3.05) is 17.1 Å². The highest BCUT2D eigenvalue weighted by atomic mass is 35.5. The molecule has 2 rings (SSSR count). The van der Waals surface area contributed by atoms with Gasteiger partial charge in [-0.2, -0.15) is 0 Å². The number of benzene rings is 2. The Morgan fingerprint density at radius 2 is 1.63 bits per heavy atom. The molecule has 0 fully saturated rings. The smallest absolute Gasteiger partial charge is 0.244 e. The van der Waals surface area contributed by atoms with Crippen molar-refractivity contribution in [1.29, 1.82) is 0 Å². The standard InChI is InChI=1S/C25H33Cl2N3O4S/c1-7-18(4)28-25(32)19(5)29(14-20-11-12-21(26)22(27)13-20)23(31)15-30(35(6,33)34)24-16(2)9-8-10-17(24)3/h8-13,18-19H,7,14-15H2,1-6H3,(H,28,32)/t18-,19+/m1/s1. The first-order chi connectivity index (χ1) is 16.3. The summed E-state index contributed by atoms with van der Waals surface area (Å²) in [5.74, 6) is -0.846. The number of carbonyl (C=O) groups excluding carboxylic acids is 2. The van der Waals surface area contributed by atoms with Crippen LogP contribution in [0.5, 0.6) is 0 Å². The quantitative estimate of drug-likeness (QED) is 0.471. The topological polar surface area (TPSA) is 86.8 Å². The molecule has 0 aliphatic rings. The molecule has 0 radical (unpaired) electrons. The van der Waals surface area contributed by atoms with E-state index in [0.29, 0.717) is 21.3 Å². The van der Waals surface area contributed by atoms with E-state index in [1.54, 1.807) is 51.1 Å². The van der Waals surface area contributed by atoms with E-state index in [1.807, 2.05) is 19.9 Å². The lowest BCUT2D eigenvalue weighted by atomic mass is 10.1. The zero-order valence-electron chi connectivity index (χ0n) is 20.9. The van der Waals surface area contributed by atoms with Gasteiger partial charge in [0, 0.05) is 12.6 Å². The number of aryl methyl sites for hydroxylation is 2. The van der Waals surface area contributed by atoms with Crippen molar-refractivity contribution in [2.24, 2.45) is 0 Å². The molecule has 192 valence electrons. The molecule has 0 unspecified atom stereocenters. The van der Waals surface area contributed by atoms with Gasteiger partial charge in [-0.25, -0.2) is 8.42 Å². The van der Waals surface area contributed by atoms with Crippen molar-refractivity contribution in [3.05, 3.63) is 63.1 Å². The van der Waals surface area contributed by atoms with E-state index in [-0.39, 0.29) is 18.5 Å². The Kier molecular flexibility index (Phi) is 10.0. The predicted octanol–water partition coefficient (Wildman–Crippen LogP) is 4.71. The van der Waals surface area contributed by atoms with Gasteiger partial charge < -0.3 is 10.2 Å². The first-order valence-corrected chi connectivity index (χ1v) is 13.9. The second kappa shape index (κ2) is 12.1. The maximum atomic E-state index is 13.6. The monoisotopic (exact) mass is 541 g/mol. The van der Waals surface area contributed by atoms with Gasteiger partial charge in [-0.1, -0.05) is 54.4 Å². The minimum atomic E-state index is -3.80. The number of halogens is 2. The number of amides is 2. The molecule has 2 amide bonds. The Balaban J connectivity index is 2.47. The minimum Gasteiger partial charge on any atom is -0.352 e. The zero-order valence-corrected chi connectivity index (χ0v) is 23.3. The lowest BCUT2D eigenvalue weighted by Gasteiger charge is -2.33. The van der Waals surface area contributed by atoms with Crippen molar-refractivity contribution in [3.63, 3.8) is 0 Å². The zero-order chi connectivity index (χ0) is 26.5. The summed E-state index contributed by atoms with van der Waals surface area (Å²) in [5, 5.41) is 3.58. The average molecular weight is 543 g/mol.